The van der Waals surface area contributed by atoms with Gasteiger partial charge in [0.15, 0.2) is 0 Å². The molecule has 0 aliphatic rings. The van der Waals surface area contributed by atoms with Crippen molar-refractivity contribution in [2.45, 2.75) is 70.6 Å². The van der Waals surface area contributed by atoms with Crippen molar-refractivity contribution in [1.82, 2.24) is 0 Å². The number of alkyl halides is 2. The molecule has 19 heavy (non-hydrogen) atoms. The van der Waals surface area contributed by atoms with E-state index in [0.29, 0.717) is 18.9 Å². The van der Waals surface area contributed by atoms with Crippen LogP contribution in [0.25, 0.3) is 0 Å². The largest absolute Gasteiger partial charge is 0.466 e. The fraction of sp³-hybridized carbons (Fsp3) is 0.933. The quantitative estimate of drug-likeness (QED) is 0.247. The third-order valence-corrected chi connectivity index (χ3v) is 3.59. The molecular weight excluding hydrogens is 283 g/mol. The van der Waals surface area contributed by atoms with Gasteiger partial charge in [-0.1, -0.05) is 38.5 Å². The molecule has 114 valence electrons. The molecule has 0 unspecified atom stereocenters. The highest BCUT2D eigenvalue weighted by molar-refractivity contribution is 6.18. The van der Waals surface area contributed by atoms with Gasteiger partial charge >= 0.3 is 5.97 Å². The van der Waals surface area contributed by atoms with E-state index < -0.39 is 0 Å². The fourth-order valence-corrected chi connectivity index (χ4v) is 2.26. The number of carbonyl (C=O) groups is 1. The molecule has 0 atom stereocenters. The Morgan fingerprint density at radius 1 is 0.684 bits per heavy atom. The van der Waals surface area contributed by atoms with Crippen LogP contribution in [0.4, 0.5) is 0 Å². The lowest BCUT2D eigenvalue weighted by Crippen LogP contribution is -2.05. The molecule has 0 radical (unpaired) electrons. The topological polar surface area (TPSA) is 26.3 Å². The van der Waals surface area contributed by atoms with Gasteiger partial charge in [0.2, 0.25) is 0 Å². The number of halogens is 2. The van der Waals surface area contributed by atoms with Crippen molar-refractivity contribution in [2.24, 2.45) is 0 Å². The van der Waals surface area contributed by atoms with Crippen LogP contribution >= 0.6 is 23.2 Å². The zero-order chi connectivity index (χ0) is 14.2. The summed E-state index contributed by atoms with van der Waals surface area (Å²) >= 11 is 11.2. The molecule has 4 heteroatoms. The normalized spacial score (nSPS) is 10.6. The first-order valence-electron chi connectivity index (χ1n) is 7.58. The van der Waals surface area contributed by atoms with Crippen LogP contribution in [-0.4, -0.2) is 24.3 Å². The van der Waals surface area contributed by atoms with Crippen molar-refractivity contribution in [3.05, 3.63) is 0 Å². The molecule has 0 fully saturated rings. The molecule has 0 aromatic carbocycles. The summed E-state index contributed by atoms with van der Waals surface area (Å²) in [6.45, 7) is 0.520. The summed E-state index contributed by atoms with van der Waals surface area (Å²) in [5, 5.41) is 0. The summed E-state index contributed by atoms with van der Waals surface area (Å²) in [5.74, 6) is 1.37. The monoisotopic (exact) mass is 310 g/mol. The Morgan fingerprint density at radius 3 is 1.74 bits per heavy atom. The molecule has 0 saturated heterocycles. The van der Waals surface area contributed by atoms with E-state index in [2.05, 4.69) is 0 Å². The highest BCUT2D eigenvalue weighted by atomic mass is 35.5. The van der Waals surface area contributed by atoms with Gasteiger partial charge in [0, 0.05) is 18.2 Å². The molecule has 0 aliphatic heterocycles. The van der Waals surface area contributed by atoms with Gasteiger partial charge in [-0.3, -0.25) is 4.79 Å². The van der Waals surface area contributed by atoms with Gasteiger partial charge < -0.3 is 4.74 Å². The lowest BCUT2D eigenvalue weighted by atomic mass is 10.1. The number of carbonyl (C=O) groups excluding carboxylic acids is 1. The van der Waals surface area contributed by atoms with E-state index >= 15 is 0 Å². The SMILES string of the molecule is O=C(CCCCCCCCCCCl)OCCCCCl. The molecule has 2 nitrogen and oxygen atoms in total. The Bertz CT molecular complexity index is 199. The van der Waals surface area contributed by atoms with Crippen LogP contribution in [0.2, 0.25) is 0 Å². The minimum Gasteiger partial charge on any atom is -0.466 e. The average Bonchev–Trinajstić information content (AvgIpc) is 2.42. The summed E-state index contributed by atoms with van der Waals surface area (Å²) in [6.07, 6.45) is 11.9. The van der Waals surface area contributed by atoms with Crippen LogP contribution in [0, 0.1) is 0 Å². The number of hydrogen-bond acceptors (Lipinski definition) is 2. The fourth-order valence-electron chi connectivity index (χ4n) is 1.88. The molecule has 0 heterocycles. The summed E-state index contributed by atoms with van der Waals surface area (Å²) in [7, 11) is 0. The van der Waals surface area contributed by atoms with Crippen LogP contribution < -0.4 is 0 Å². The van der Waals surface area contributed by atoms with Crippen LogP contribution in [0.3, 0.4) is 0 Å². The van der Waals surface area contributed by atoms with Gasteiger partial charge in [-0.15, -0.1) is 23.2 Å². The minimum absolute atomic E-state index is 0.0586. The van der Waals surface area contributed by atoms with E-state index in [9.17, 15) is 4.79 Å². The van der Waals surface area contributed by atoms with Crippen LogP contribution in [0.15, 0.2) is 0 Å². The Morgan fingerprint density at radius 2 is 1.16 bits per heavy atom. The number of rotatable bonds is 14. The number of ether oxygens (including phenoxy) is 1. The molecule has 0 rings (SSSR count). The van der Waals surface area contributed by atoms with Crippen molar-refractivity contribution < 1.29 is 9.53 Å². The van der Waals surface area contributed by atoms with E-state index in [1.54, 1.807) is 0 Å². The molecule has 0 saturated carbocycles. The van der Waals surface area contributed by atoms with Gasteiger partial charge in [-0.2, -0.15) is 0 Å². The maximum absolute atomic E-state index is 11.3. The molecular formula is C15H28Cl2O2. The van der Waals surface area contributed by atoms with E-state index in [-0.39, 0.29) is 5.97 Å². The van der Waals surface area contributed by atoms with Crippen LogP contribution in [-0.2, 0) is 9.53 Å². The van der Waals surface area contributed by atoms with Gasteiger partial charge in [0.25, 0.3) is 0 Å². The first kappa shape index (κ1) is 19.1. The molecule has 0 aromatic rings. The Hall–Kier alpha value is 0.0500. The average molecular weight is 311 g/mol. The Kier molecular flexibility index (Phi) is 16.1. The highest BCUT2D eigenvalue weighted by Crippen LogP contribution is 2.10. The molecule has 0 aromatic heterocycles. The predicted octanol–water partition coefficient (Wildman–Crippen LogP) is 5.30. The summed E-state index contributed by atoms with van der Waals surface area (Å²) in [4.78, 5) is 11.3. The first-order valence-corrected chi connectivity index (χ1v) is 8.65. The van der Waals surface area contributed by atoms with E-state index in [1.807, 2.05) is 0 Å². The highest BCUT2D eigenvalue weighted by Gasteiger charge is 2.02. The van der Waals surface area contributed by atoms with Crippen molar-refractivity contribution in [3.63, 3.8) is 0 Å². The lowest BCUT2D eigenvalue weighted by molar-refractivity contribution is -0.143. The third-order valence-electron chi connectivity index (χ3n) is 3.06. The summed E-state index contributed by atoms with van der Waals surface area (Å²) < 4.78 is 5.11. The van der Waals surface area contributed by atoms with Gasteiger partial charge in [-0.05, 0) is 25.7 Å². The zero-order valence-electron chi connectivity index (χ0n) is 12.0. The zero-order valence-corrected chi connectivity index (χ0v) is 13.5. The first-order chi connectivity index (χ1) is 9.31. The van der Waals surface area contributed by atoms with Crippen molar-refractivity contribution in [1.29, 1.82) is 0 Å². The smallest absolute Gasteiger partial charge is 0.305 e. The standard InChI is InChI=1S/C15H28Cl2O2/c16-12-8-6-4-2-1-3-5-7-11-15(18)19-14-10-9-13-17/h1-14H2. The van der Waals surface area contributed by atoms with Crippen molar-refractivity contribution in [2.75, 3.05) is 18.4 Å². The predicted molar refractivity (Wildman–Crippen MR) is 83.2 cm³/mol. The van der Waals surface area contributed by atoms with E-state index in [1.165, 1.54) is 32.1 Å². The summed E-state index contributed by atoms with van der Waals surface area (Å²) in [5.41, 5.74) is 0. The second kappa shape index (κ2) is 16.1. The number of esters is 1. The van der Waals surface area contributed by atoms with Gasteiger partial charge in [-0.25, -0.2) is 0 Å². The second-order valence-electron chi connectivity index (χ2n) is 4.88. The molecule has 0 N–H and O–H groups in total. The number of unbranched alkanes of at least 4 members (excludes halogenated alkanes) is 8. The maximum Gasteiger partial charge on any atom is 0.305 e. The van der Waals surface area contributed by atoms with Crippen molar-refractivity contribution >= 4 is 29.2 Å². The van der Waals surface area contributed by atoms with Crippen LogP contribution in [0.1, 0.15) is 70.6 Å². The Balaban J connectivity index is 3.10. The minimum atomic E-state index is -0.0586. The van der Waals surface area contributed by atoms with E-state index in [4.69, 9.17) is 27.9 Å². The van der Waals surface area contributed by atoms with Crippen molar-refractivity contribution in [3.8, 4) is 0 Å². The molecule has 0 spiro atoms. The van der Waals surface area contributed by atoms with Gasteiger partial charge in [0.1, 0.15) is 0 Å². The van der Waals surface area contributed by atoms with Gasteiger partial charge in [0.05, 0.1) is 6.61 Å². The van der Waals surface area contributed by atoms with E-state index in [0.717, 1.165) is 38.0 Å². The number of hydrogen-bond donors (Lipinski definition) is 0. The second-order valence-corrected chi connectivity index (χ2v) is 5.64. The molecule has 0 aliphatic carbocycles. The third kappa shape index (κ3) is 16.0. The summed E-state index contributed by atoms with van der Waals surface area (Å²) in [6, 6.07) is 0. The van der Waals surface area contributed by atoms with Crippen LogP contribution in [0.5, 0.6) is 0 Å². The molecule has 0 amide bonds. The molecule has 0 bridgehead atoms. The maximum atomic E-state index is 11.3. The Labute approximate surface area is 128 Å². The lowest BCUT2D eigenvalue weighted by Gasteiger charge is -2.04.